The number of aliphatic hydroxyl groups is 2. The van der Waals surface area contributed by atoms with Gasteiger partial charge in [-0.3, -0.25) is 9.59 Å². The van der Waals surface area contributed by atoms with Gasteiger partial charge in [0, 0.05) is 12.8 Å². The average molecular weight is 1030 g/mol. The molecule has 0 fully saturated rings. The van der Waals surface area contributed by atoms with E-state index in [-0.39, 0.29) is 18.5 Å². The monoisotopic (exact) mass is 1030 g/mol. The van der Waals surface area contributed by atoms with Crippen LogP contribution in [0.15, 0.2) is 36.5 Å². The minimum Gasteiger partial charge on any atom is -0.466 e. The van der Waals surface area contributed by atoms with Crippen LogP contribution in [0.4, 0.5) is 0 Å². The lowest BCUT2D eigenvalue weighted by Gasteiger charge is -2.20. The van der Waals surface area contributed by atoms with Gasteiger partial charge in [0.2, 0.25) is 5.91 Å². The van der Waals surface area contributed by atoms with E-state index in [2.05, 4.69) is 43.5 Å². The van der Waals surface area contributed by atoms with Crippen LogP contribution < -0.4 is 5.32 Å². The van der Waals surface area contributed by atoms with Crippen molar-refractivity contribution in [3.05, 3.63) is 36.5 Å². The Hall–Kier alpha value is -1.92. The number of rotatable bonds is 61. The maximum atomic E-state index is 12.5. The second-order valence-corrected chi connectivity index (χ2v) is 22.4. The molecule has 0 radical (unpaired) electrons. The maximum Gasteiger partial charge on any atom is 0.305 e. The number of nitrogens with one attached hydrogen (secondary N) is 1. The lowest BCUT2D eigenvalue weighted by Crippen LogP contribution is -2.45. The lowest BCUT2D eigenvalue weighted by atomic mass is 10.0. The third-order valence-corrected chi connectivity index (χ3v) is 15.1. The largest absolute Gasteiger partial charge is 0.466 e. The minimum absolute atomic E-state index is 0.00559. The van der Waals surface area contributed by atoms with Gasteiger partial charge in [-0.05, 0) is 83.5 Å². The van der Waals surface area contributed by atoms with Gasteiger partial charge in [-0.1, -0.05) is 294 Å². The number of allylic oxidation sites excluding steroid dienone is 5. The molecule has 2 unspecified atom stereocenters. The van der Waals surface area contributed by atoms with Gasteiger partial charge in [-0.25, -0.2) is 0 Å². The summed E-state index contributed by atoms with van der Waals surface area (Å²) in [6.45, 7) is 4.90. The summed E-state index contributed by atoms with van der Waals surface area (Å²) in [4.78, 5) is 24.6. The van der Waals surface area contributed by atoms with Crippen molar-refractivity contribution in [2.75, 3.05) is 13.2 Å². The van der Waals surface area contributed by atoms with Gasteiger partial charge in [-0.2, -0.15) is 0 Å². The van der Waals surface area contributed by atoms with E-state index in [1.54, 1.807) is 6.08 Å². The van der Waals surface area contributed by atoms with E-state index in [4.69, 9.17) is 4.74 Å². The molecule has 0 saturated carbocycles. The molecule has 0 aliphatic carbocycles. The van der Waals surface area contributed by atoms with Crippen LogP contribution in [0.2, 0.25) is 0 Å². The number of ether oxygens (including phenoxy) is 1. The summed E-state index contributed by atoms with van der Waals surface area (Å²) >= 11 is 0. The second kappa shape index (κ2) is 62.6. The van der Waals surface area contributed by atoms with Gasteiger partial charge in [0.1, 0.15) is 0 Å². The molecule has 6 heteroatoms. The van der Waals surface area contributed by atoms with Crippen LogP contribution >= 0.6 is 0 Å². The summed E-state index contributed by atoms with van der Waals surface area (Å²) in [6.07, 6.45) is 79.0. The Morgan fingerprint density at radius 1 is 0.370 bits per heavy atom. The highest BCUT2D eigenvalue weighted by atomic mass is 16.5. The molecule has 0 aliphatic heterocycles. The summed E-state index contributed by atoms with van der Waals surface area (Å²) < 4.78 is 5.48. The second-order valence-electron chi connectivity index (χ2n) is 22.4. The summed E-state index contributed by atoms with van der Waals surface area (Å²) in [5.74, 6) is -0.0828. The van der Waals surface area contributed by atoms with Gasteiger partial charge in [0.15, 0.2) is 0 Å². The maximum absolute atomic E-state index is 12.5. The molecule has 430 valence electrons. The highest BCUT2D eigenvalue weighted by molar-refractivity contribution is 5.76. The summed E-state index contributed by atoms with van der Waals surface area (Å²) in [5, 5.41) is 23.2. The third-order valence-electron chi connectivity index (χ3n) is 15.1. The number of hydrogen-bond donors (Lipinski definition) is 3. The van der Waals surface area contributed by atoms with E-state index in [0.29, 0.717) is 19.4 Å². The predicted molar refractivity (Wildman–Crippen MR) is 319 cm³/mol. The van der Waals surface area contributed by atoms with Crippen molar-refractivity contribution >= 4 is 11.9 Å². The van der Waals surface area contributed by atoms with Crippen molar-refractivity contribution in [2.24, 2.45) is 0 Å². The van der Waals surface area contributed by atoms with Crippen LogP contribution in [0.25, 0.3) is 0 Å². The van der Waals surface area contributed by atoms with Gasteiger partial charge in [0.25, 0.3) is 0 Å². The Labute approximate surface area is 455 Å². The molecule has 3 N–H and O–H groups in total. The molecule has 0 aliphatic rings. The topological polar surface area (TPSA) is 95.9 Å². The van der Waals surface area contributed by atoms with Crippen LogP contribution in [0.1, 0.15) is 354 Å². The Morgan fingerprint density at radius 3 is 0.973 bits per heavy atom. The molecule has 6 nitrogen and oxygen atoms in total. The number of aliphatic hydroxyl groups excluding tert-OH is 2. The average Bonchev–Trinajstić information content (AvgIpc) is 3.39. The van der Waals surface area contributed by atoms with Crippen LogP contribution in [-0.2, 0) is 14.3 Å². The van der Waals surface area contributed by atoms with Gasteiger partial charge in [-0.15, -0.1) is 0 Å². The zero-order valence-electron chi connectivity index (χ0n) is 49.1. The minimum atomic E-state index is -0.854. The van der Waals surface area contributed by atoms with Gasteiger partial charge < -0.3 is 20.3 Å². The third kappa shape index (κ3) is 59.2. The Balaban J connectivity index is 3.48. The quantitative estimate of drug-likeness (QED) is 0.0320. The SMILES string of the molecule is CCCCCCCC/C=C\CCCCCCCCCC(=O)OCCCCCCCC/C=C\CCCCCCCCCC(=O)NC(CO)C(O)/C=C/CCCCCCCCCCCCCCCCCCCCCC. The van der Waals surface area contributed by atoms with Crippen molar-refractivity contribution in [1.82, 2.24) is 5.32 Å². The first-order valence-electron chi connectivity index (χ1n) is 32.8. The molecule has 73 heavy (non-hydrogen) atoms. The molecule has 0 aromatic heterocycles. The van der Waals surface area contributed by atoms with E-state index in [9.17, 15) is 19.8 Å². The van der Waals surface area contributed by atoms with Crippen LogP contribution in [0.5, 0.6) is 0 Å². The Kier molecular flexibility index (Phi) is 61.0. The molecule has 0 rings (SSSR count). The van der Waals surface area contributed by atoms with Crippen molar-refractivity contribution in [1.29, 1.82) is 0 Å². The molecule has 0 saturated heterocycles. The molecule has 0 heterocycles. The first kappa shape index (κ1) is 71.1. The van der Waals surface area contributed by atoms with E-state index in [1.165, 1.54) is 270 Å². The fourth-order valence-corrected chi connectivity index (χ4v) is 10.1. The zero-order valence-corrected chi connectivity index (χ0v) is 49.1. The molecule has 0 spiro atoms. The smallest absolute Gasteiger partial charge is 0.305 e. The van der Waals surface area contributed by atoms with Crippen molar-refractivity contribution < 1.29 is 24.5 Å². The number of carbonyl (C=O) groups excluding carboxylic acids is 2. The number of carbonyl (C=O) groups is 2. The van der Waals surface area contributed by atoms with Crippen molar-refractivity contribution in [3.8, 4) is 0 Å². The molecule has 1 amide bonds. The molecule has 0 aromatic rings. The molecular formula is C67H127NO5. The molecule has 0 aromatic carbocycles. The first-order chi connectivity index (χ1) is 36.0. The first-order valence-corrected chi connectivity index (χ1v) is 32.8. The fourth-order valence-electron chi connectivity index (χ4n) is 10.1. The highest BCUT2D eigenvalue weighted by Crippen LogP contribution is 2.17. The van der Waals surface area contributed by atoms with E-state index < -0.39 is 12.1 Å². The highest BCUT2D eigenvalue weighted by Gasteiger charge is 2.18. The van der Waals surface area contributed by atoms with Crippen LogP contribution in [0, 0.1) is 0 Å². The summed E-state index contributed by atoms with van der Waals surface area (Å²) in [7, 11) is 0. The van der Waals surface area contributed by atoms with Crippen molar-refractivity contribution in [2.45, 2.75) is 366 Å². The van der Waals surface area contributed by atoms with Crippen LogP contribution in [-0.4, -0.2) is 47.4 Å². The summed E-state index contributed by atoms with van der Waals surface area (Å²) in [5.41, 5.74) is 0. The van der Waals surface area contributed by atoms with Gasteiger partial charge in [0.05, 0.1) is 25.4 Å². The van der Waals surface area contributed by atoms with Crippen molar-refractivity contribution in [3.63, 3.8) is 0 Å². The van der Waals surface area contributed by atoms with Crippen LogP contribution in [0.3, 0.4) is 0 Å². The molecule has 0 bridgehead atoms. The fraction of sp³-hybridized carbons (Fsp3) is 0.881. The normalized spacial score (nSPS) is 12.8. The predicted octanol–water partition coefficient (Wildman–Crippen LogP) is 20.8. The van der Waals surface area contributed by atoms with E-state index in [1.807, 2.05) is 6.08 Å². The van der Waals surface area contributed by atoms with Gasteiger partial charge >= 0.3 is 5.97 Å². The zero-order chi connectivity index (χ0) is 52.9. The number of hydrogen-bond acceptors (Lipinski definition) is 5. The van der Waals surface area contributed by atoms with E-state index in [0.717, 1.165) is 57.8 Å². The number of amides is 1. The Morgan fingerprint density at radius 2 is 0.644 bits per heavy atom. The van der Waals surface area contributed by atoms with E-state index >= 15 is 0 Å². The molecular weight excluding hydrogens is 899 g/mol. The lowest BCUT2D eigenvalue weighted by molar-refractivity contribution is -0.143. The standard InChI is InChI=1S/C67H127NO5/c1-3-5-7-9-11-13-15-17-19-21-22-23-24-25-28-31-35-39-43-47-51-55-59-65(70)64(63-69)68-66(71)60-56-52-48-44-40-36-32-29-26-30-34-38-42-46-50-54-58-62-73-67(72)61-57-53-49-45-41-37-33-27-20-18-16-14-12-10-8-6-4-2/h18,20,26,30,55,59,64-65,69-70H,3-17,19,21-25,27-29,31-54,56-58,60-63H2,1-2H3,(H,68,71)/b20-18-,30-26-,59-55+. The molecule has 2 atom stereocenters. The number of unbranched alkanes of at least 4 members (excludes halogenated alkanes) is 46. The summed E-state index contributed by atoms with van der Waals surface area (Å²) in [6, 6.07) is -0.639. The Bertz CT molecular complexity index is 1180. The number of esters is 1.